The number of carboxylic acids is 1. The lowest BCUT2D eigenvalue weighted by Crippen LogP contribution is -2.30. The van der Waals surface area contributed by atoms with Crippen LogP contribution in [0.1, 0.15) is 34.3 Å². The molecule has 0 atom stereocenters. The number of amides is 1. The summed E-state index contributed by atoms with van der Waals surface area (Å²) in [5.74, 6) is 0.190. The number of rotatable bonds is 13. The summed E-state index contributed by atoms with van der Waals surface area (Å²) in [6.45, 7) is 4.29. The smallest absolute Gasteiger partial charge is 0.335 e. The molecule has 0 radical (unpaired) electrons. The van der Waals surface area contributed by atoms with E-state index >= 15 is 0 Å². The Kier molecular flexibility index (Phi) is 10.4. The van der Waals surface area contributed by atoms with Crippen LogP contribution in [0.15, 0.2) is 71.9 Å². The van der Waals surface area contributed by atoms with Gasteiger partial charge in [-0.1, -0.05) is 48.2 Å². The molecule has 0 saturated carbocycles. The topological polar surface area (TPSA) is 128 Å². The maximum absolute atomic E-state index is 13.6. The summed E-state index contributed by atoms with van der Waals surface area (Å²) in [6.07, 6.45) is 6.32. The van der Waals surface area contributed by atoms with Gasteiger partial charge in [-0.3, -0.25) is 14.6 Å². The molecule has 10 nitrogen and oxygen atoms in total. The number of aromatic nitrogens is 2. The fraction of sp³-hybridized carbons (Fsp3) is 0.286. The Hall–Kier alpha value is -4.36. The van der Waals surface area contributed by atoms with Gasteiger partial charge in [-0.2, -0.15) is 0 Å². The molecular weight excluding hydrogens is 635 g/mol. The monoisotopic (exact) mass is 669 g/mol. The molecule has 1 aromatic heterocycles. The summed E-state index contributed by atoms with van der Waals surface area (Å²) in [6, 6.07) is 18.6. The van der Waals surface area contributed by atoms with Crippen molar-refractivity contribution in [2.75, 3.05) is 51.3 Å². The molecule has 3 N–H and O–H groups in total. The predicted octanol–water partition coefficient (Wildman–Crippen LogP) is 5.32. The number of nitrogens with one attached hydrogen (secondary N) is 1. The number of nitrogens with zero attached hydrogens (tertiary/aromatic N) is 4. The van der Waals surface area contributed by atoms with E-state index in [1.165, 1.54) is 30.9 Å². The minimum Gasteiger partial charge on any atom is -0.492 e. The van der Waals surface area contributed by atoms with Gasteiger partial charge in [0.2, 0.25) is 0 Å². The predicted molar refractivity (Wildman–Crippen MR) is 189 cm³/mol. The molecule has 3 heterocycles. The Morgan fingerprint density at radius 1 is 1.02 bits per heavy atom. The van der Waals surface area contributed by atoms with Gasteiger partial charge in [0.1, 0.15) is 28.8 Å². The Balaban J connectivity index is 1.26. The highest BCUT2D eigenvalue weighted by molar-refractivity contribution is 8.26. The summed E-state index contributed by atoms with van der Waals surface area (Å²) in [5, 5.41) is 22.5. The highest BCUT2D eigenvalue weighted by atomic mass is 32.2. The summed E-state index contributed by atoms with van der Waals surface area (Å²) in [7, 11) is 0. The van der Waals surface area contributed by atoms with Crippen LogP contribution >= 0.6 is 24.0 Å². The Morgan fingerprint density at radius 2 is 1.79 bits per heavy atom. The molecule has 6 rings (SSSR count). The zero-order valence-electron chi connectivity index (χ0n) is 25.7. The molecule has 242 valence electrons. The van der Waals surface area contributed by atoms with Crippen molar-refractivity contribution in [2.45, 2.75) is 19.3 Å². The van der Waals surface area contributed by atoms with E-state index in [1.54, 1.807) is 29.2 Å². The van der Waals surface area contributed by atoms with Crippen LogP contribution in [0.3, 0.4) is 0 Å². The van der Waals surface area contributed by atoms with E-state index in [1.807, 2.05) is 42.5 Å². The van der Waals surface area contributed by atoms with Gasteiger partial charge in [-0.15, -0.1) is 0 Å². The molecule has 0 bridgehead atoms. The number of thioether (sulfide) groups is 1. The van der Waals surface area contributed by atoms with E-state index in [0.717, 1.165) is 52.8 Å². The standard InChI is InChI=1S/C35H35N5O5S2/c41-17-12-36-32-28-20-26(7-9-29(28)37-22-38-32)25-8-10-30(45-18-16-39-13-1-2-14-39)27(19-25)21-31-33(42)40(35(46)47-31)15-11-23-3-5-24(6-4-23)34(43)44/h3-10,19-22,41H,1-2,11-18H2,(H,43,44)(H,36,37,38). The second-order valence-corrected chi connectivity index (χ2v) is 13.0. The molecule has 0 spiro atoms. The Morgan fingerprint density at radius 3 is 2.55 bits per heavy atom. The van der Waals surface area contributed by atoms with Crippen molar-refractivity contribution in [1.29, 1.82) is 0 Å². The number of carbonyl (C=O) groups excluding carboxylic acids is 1. The fourth-order valence-electron chi connectivity index (χ4n) is 5.70. The number of fused-ring (bicyclic) bond motifs is 1. The quantitative estimate of drug-likeness (QED) is 0.126. The zero-order valence-corrected chi connectivity index (χ0v) is 27.4. The van der Waals surface area contributed by atoms with Crippen molar-refractivity contribution in [3.63, 3.8) is 0 Å². The van der Waals surface area contributed by atoms with Crippen LogP contribution in [0.25, 0.3) is 28.1 Å². The van der Waals surface area contributed by atoms with Gasteiger partial charge < -0.3 is 20.3 Å². The summed E-state index contributed by atoms with van der Waals surface area (Å²) < 4.78 is 6.79. The first-order valence-electron chi connectivity index (χ1n) is 15.6. The number of aliphatic hydroxyl groups excluding tert-OH is 1. The van der Waals surface area contributed by atoms with Gasteiger partial charge in [-0.05, 0) is 91.5 Å². The molecule has 2 aliphatic rings. The third-order valence-corrected chi connectivity index (χ3v) is 9.61. The molecule has 1 amide bonds. The molecule has 4 aromatic rings. The molecule has 12 heteroatoms. The van der Waals surface area contributed by atoms with Crippen LogP contribution in [0.2, 0.25) is 0 Å². The number of benzene rings is 3. The van der Waals surface area contributed by atoms with Crippen LogP contribution in [0.4, 0.5) is 5.82 Å². The lowest BCUT2D eigenvalue weighted by molar-refractivity contribution is -0.122. The first-order valence-corrected chi connectivity index (χ1v) is 16.8. The van der Waals surface area contributed by atoms with Crippen LogP contribution in [0.5, 0.6) is 5.75 Å². The van der Waals surface area contributed by atoms with E-state index in [0.29, 0.717) is 46.9 Å². The third-order valence-electron chi connectivity index (χ3n) is 8.23. The highest BCUT2D eigenvalue weighted by Crippen LogP contribution is 2.36. The van der Waals surface area contributed by atoms with E-state index in [2.05, 4.69) is 20.2 Å². The minimum atomic E-state index is -0.975. The first kappa shape index (κ1) is 32.6. The summed E-state index contributed by atoms with van der Waals surface area (Å²) in [4.78, 5) is 38.0. The van der Waals surface area contributed by atoms with E-state index in [9.17, 15) is 19.8 Å². The summed E-state index contributed by atoms with van der Waals surface area (Å²) >= 11 is 6.88. The van der Waals surface area contributed by atoms with E-state index < -0.39 is 5.97 Å². The average Bonchev–Trinajstić information content (AvgIpc) is 3.70. The lowest BCUT2D eigenvalue weighted by atomic mass is 10.0. The van der Waals surface area contributed by atoms with Crippen molar-refractivity contribution in [2.24, 2.45) is 0 Å². The number of aliphatic hydroxyl groups is 1. The molecule has 2 saturated heterocycles. The number of hydrogen-bond acceptors (Lipinski definition) is 10. The highest BCUT2D eigenvalue weighted by Gasteiger charge is 2.32. The van der Waals surface area contributed by atoms with E-state index in [4.69, 9.17) is 17.0 Å². The largest absolute Gasteiger partial charge is 0.492 e. The fourth-order valence-corrected chi connectivity index (χ4v) is 7.00. The van der Waals surface area contributed by atoms with Crippen LogP contribution in [-0.2, 0) is 11.2 Å². The zero-order chi connectivity index (χ0) is 32.8. The van der Waals surface area contributed by atoms with Gasteiger partial charge in [-0.25, -0.2) is 14.8 Å². The molecule has 2 fully saturated rings. The van der Waals surface area contributed by atoms with Gasteiger partial charge >= 0.3 is 5.97 Å². The molecule has 2 aliphatic heterocycles. The maximum Gasteiger partial charge on any atom is 0.335 e. The molecular formula is C35H35N5O5S2. The molecule has 47 heavy (non-hydrogen) atoms. The Labute approximate surface area is 282 Å². The minimum absolute atomic E-state index is 0.0140. The van der Waals surface area contributed by atoms with Crippen LogP contribution < -0.4 is 10.1 Å². The molecule has 0 unspecified atom stereocenters. The second-order valence-electron chi connectivity index (χ2n) is 11.3. The van der Waals surface area contributed by atoms with Crippen LogP contribution in [0, 0.1) is 0 Å². The van der Waals surface area contributed by atoms with Crippen molar-refractivity contribution in [3.05, 3.63) is 88.6 Å². The number of thiocarbonyl (C=S) groups is 1. The van der Waals surface area contributed by atoms with Crippen molar-refractivity contribution in [1.82, 2.24) is 19.8 Å². The number of ether oxygens (including phenoxy) is 1. The number of carboxylic acid groups (broad SMARTS) is 1. The van der Waals surface area contributed by atoms with Crippen LogP contribution in [-0.4, -0.2) is 92.1 Å². The average molecular weight is 670 g/mol. The SMILES string of the molecule is O=C(O)c1ccc(CCN2C(=O)C(=Cc3cc(-c4ccc5ncnc(NCCO)c5c4)ccc3OCCN3CCCC3)SC2=S)cc1. The van der Waals surface area contributed by atoms with E-state index in [-0.39, 0.29) is 18.1 Å². The van der Waals surface area contributed by atoms with Gasteiger partial charge in [0.05, 0.1) is 22.6 Å². The van der Waals surface area contributed by atoms with Crippen molar-refractivity contribution >= 4 is 63.0 Å². The van der Waals surface area contributed by atoms with Gasteiger partial charge in [0.25, 0.3) is 5.91 Å². The normalized spacial score (nSPS) is 16.0. The number of carbonyl (C=O) groups is 2. The van der Waals surface area contributed by atoms with Crippen molar-refractivity contribution in [3.8, 4) is 16.9 Å². The number of anilines is 1. The van der Waals surface area contributed by atoms with Gasteiger partial charge in [0, 0.05) is 30.6 Å². The second kappa shape index (κ2) is 15.0. The first-order chi connectivity index (χ1) is 22.9. The third kappa shape index (κ3) is 7.79. The number of likely N-dealkylation sites (tertiary alicyclic amines) is 1. The maximum atomic E-state index is 13.6. The lowest BCUT2D eigenvalue weighted by Gasteiger charge is -2.17. The van der Waals surface area contributed by atoms with Gasteiger partial charge in [0.15, 0.2) is 0 Å². The molecule has 0 aliphatic carbocycles. The molecule has 3 aromatic carbocycles. The number of aromatic carboxylic acids is 1. The Bertz CT molecular complexity index is 1830. The number of hydrogen-bond donors (Lipinski definition) is 3. The summed E-state index contributed by atoms with van der Waals surface area (Å²) in [5.41, 5.74) is 4.58. The van der Waals surface area contributed by atoms with Crippen molar-refractivity contribution < 1.29 is 24.5 Å².